The molecular formula is C13H19FN4OS. The maximum absolute atomic E-state index is 12.7. The first-order valence-electron chi connectivity index (χ1n) is 6.92. The van der Waals surface area contributed by atoms with Crippen LogP contribution in [0.25, 0.3) is 5.57 Å². The summed E-state index contributed by atoms with van der Waals surface area (Å²) < 4.78 is 27.0. The number of hydrogen-bond donors (Lipinski definition) is 0. The molecule has 0 radical (unpaired) electrons. The summed E-state index contributed by atoms with van der Waals surface area (Å²) in [6.07, 6.45) is 2.59. The van der Waals surface area contributed by atoms with Gasteiger partial charge in [0.2, 0.25) is 0 Å². The summed E-state index contributed by atoms with van der Waals surface area (Å²) in [5, 5.41) is 0. The third kappa shape index (κ3) is 3.16. The molecule has 3 rings (SSSR count). The lowest BCUT2D eigenvalue weighted by Crippen LogP contribution is -2.49. The monoisotopic (exact) mass is 298 g/mol. The van der Waals surface area contributed by atoms with Gasteiger partial charge in [0.15, 0.2) is 0 Å². The Bertz CT molecular complexity index is 486. The van der Waals surface area contributed by atoms with Gasteiger partial charge in [-0.1, -0.05) is 6.08 Å². The van der Waals surface area contributed by atoms with Crippen LogP contribution in [-0.4, -0.2) is 71.1 Å². The van der Waals surface area contributed by atoms with E-state index in [-0.39, 0.29) is 0 Å². The topological polar surface area (TPSA) is 41.5 Å². The van der Waals surface area contributed by atoms with E-state index in [1.807, 2.05) is 4.90 Å². The van der Waals surface area contributed by atoms with Crippen LogP contribution in [0.5, 0.6) is 5.88 Å². The van der Waals surface area contributed by atoms with Gasteiger partial charge >= 0.3 is 0 Å². The average Bonchev–Trinajstić information content (AvgIpc) is 2.85. The highest BCUT2D eigenvalue weighted by Gasteiger charge is 2.26. The second-order valence-corrected chi connectivity index (χ2v) is 5.91. The van der Waals surface area contributed by atoms with Crippen LogP contribution in [0, 0.1) is 0 Å². The Labute approximate surface area is 122 Å². The zero-order valence-corrected chi connectivity index (χ0v) is 12.4. The van der Waals surface area contributed by atoms with Crippen molar-refractivity contribution in [1.82, 2.24) is 18.5 Å². The third-order valence-corrected chi connectivity index (χ3v) is 4.18. The highest BCUT2D eigenvalue weighted by atomic mass is 32.1. The molecule has 0 bridgehead atoms. The normalized spacial score (nSPS) is 21.6. The molecule has 1 saturated heterocycles. The Morgan fingerprint density at radius 2 is 2.30 bits per heavy atom. The SMILES string of the molecule is CN1CCC=C(c2nsnc2OCCN2CC(F)C2)C1. The minimum absolute atomic E-state index is 0.529. The fourth-order valence-corrected chi connectivity index (χ4v) is 3.03. The molecule has 1 fully saturated rings. The predicted octanol–water partition coefficient (Wildman–Crippen LogP) is 1.29. The summed E-state index contributed by atoms with van der Waals surface area (Å²) in [5.74, 6) is 0.619. The van der Waals surface area contributed by atoms with Crippen LogP contribution in [0.3, 0.4) is 0 Å². The maximum Gasteiger partial charge on any atom is 0.253 e. The number of likely N-dealkylation sites (N-methyl/N-ethyl adjacent to an activating group) is 1. The lowest BCUT2D eigenvalue weighted by Gasteiger charge is -2.33. The van der Waals surface area contributed by atoms with Gasteiger partial charge in [0, 0.05) is 32.7 Å². The molecule has 2 aliphatic rings. The van der Waals surface area contributed by atoms with Crippen molar-refractivity contribution in [2.75, 3.05) is 46.4 Å². The fraction of sp³-hybridized carbons (Fsp3) is 0.692. The average molecular weight is 298 g/mol. The van der Waals surface area contributed by atoms with Crippen molar-refractivity contribution < 1.29 is 9.13 Å². The van der Waals surface area contributed by atoms with Gasteiger partial charge in [0.25, 0.3) is 5.88 Å². The van der Waals surface area contributed by atoms with Gasteiger partial charge in [-0.05, 0) is 19.0 Å². The number of ether oxygens (including phenoxy) is 1. The molecule has 20 heavy (non-hydrogen) atoms. The van der Waals surface area contributed by atoms with E-state index in [0.29, 0.717) is 25.6 Å². The first-order chi connectivity index (χ1) is 9.72. The molecule has 1 aromatic rings. The van der Waals surface area contributed by atoms with E-state index in [4.69, 9.17) is 4.74 Å². The fourth-order valence-electron chi connectivity index (χ4n) is 2.50. The minimum atomic E-state index is -0.658. The number of likely N-dealkylation sites (tertiary alicyclic amines) is 1. The van der Waals surface area contributed by atoms with Crippen LogP contribution in [-0.2, 0) is 0 Å². The zero-order valence-electron chi connectivity index (χ0n) is 11.6. The van der Waals surface area contributed by atoms with Crippen molar-refractivity contribution in [2.24, 2.45) is 0 Å². The standard InChI is InChI=1S/C13H19FN4OS/c1-17-4-2-3-10(7-17)12-13(16-20-15-12)19-6-5-18-8-11(14)9-18/h3,11H,2,4-9H2,1H3. The molecule has 5 nitrogen and oxygen atoms in total. The van der Waals surface area contributed by atoms with E-state index < -0.39 is 6.17 Å². The summed E-state index contributed by atoms with van der Waals surface area (Å²) in [6, 6.07) is 0. The second kappa shape index (κ2) is 6.15. The van der Waals surface area contributed by atoms with Crippen LogP contribution in [0.2, 0.25) is 0 Å². The first kappa shape index (κ1) is 13.9. The number of hydrogen-bond acceptors (Lipinski definition) is 6. The van der Waals surface area contributed by atoms with E-state index in [1.54, 1.807) is 0 Å². The van der Waals surface area contributed by atoms with Crippen molar-refractivity contribution in [3.63, 3.8) is 0 Å². The molecule has 1 aromatic heterocycles. The lowest BCUT2D eigenvalue weighted by molar-refractivity contribution is 0.0534. The van der Waals surface area contributed by atoms with Crippen molar-refractivity contribution in [3.8, 4) is 5.88 Å². The van der Waals surface area contributed by atoms with Crippen molar-refractivity contribution in [1.29, 1.82) is 0 Å². The van der Waals surface area contributed by atoms with E-state index in [1.165, 1.54) is 17.3 Å². The van der Waals surface area contributed by atoms with Gasteiger partial charge in [-0.25, -0.2) is 4.39 Å². The van der Waals surface area contributed by atoms with Gasteiger partial charge in [-0.3, -0.25) is 4.90 Å². The number of rotatable bonds is 5. The molecule has 0 N–H and O–H groups in total. The van der Waals surface area contributed by atoms with E-state index in [0.717, 1.165) is 31.7 Å². The van der Waals surface area contributed by atoms with Crippen LogP contribution < -0.4 is 4.74 Å². The Morgan fingerprint density at radius 1 is 1.45 bits per heavy atom. The van der Waals surface area contributed by atoms with E-state index >= 15 is 0 Å². The highest BCUT2D eigenvalue weighted by molar-refractivity contribution is 6.99. The highest BCUT2D eigenvalue weighted by Crippen LogP contribution is 2.27. The Kier molecular flexibility index (Phi) is 4.28. The molecule has 0 spiro atoms. The van der Waals surface area contributed by atoms with Crippen molar-refractivity contribution in [2.45, 2.75) is 12.6 Å². The number of alkyl halides is 1. The molecule has 0 aromatic carbocycles. The molecule has 3 heterocycles. The summed E-state index contributed by atoms with van der Waals surface area (Å²) in [7, 11) is 2.10. The molecule has 0 atom stereocenters. The maximum atomic E-state index is 12.7. The molecule has 0 amide bonds. The van der Waals surface area contributed by atoms with Crippen LogP contribution in [0.4, 0.5) is 4.39 Å². The Morgan fingerprint density at radius 3 is 3.05 bits per heavy atom. The van der Waals surface area contributed by atoms with Crippen LogP contribution >= 0.6 is 11.7 Å². The second-order valence-electron chi connectivity index (χ2n) is 5.38. The van der Waals surface area contributed by atoms with E-state index in [9.17, 15) is 4.39 Å². The first-order valence-corrected chi connectivity index (χ1v) is 7.65. The smallest absolute Gasteiger partial charge is 0.253 e. The Balaban J connectivity index is 1.55. The van der Waals surface area contributed by atoms with Gasteiger partial charge in [-0.15, -0.1) is 4.37 Å². The predicted molar refractivity (Wildman–Crippen MR) is 76.8 cm³/mol. The minimum Gasteiger partial charge on any atom is -0.474 e. The van der Waals surface area contributed by atoms with Crippen LogP contribution in [0.15, 0.2) is 6.08 Å². The van der Waals surface area contributed by atoms with E-state index in [2.05, 4.69) is 26.8 Å². The quantitative estimate of drug-likeness (QED) is 0.819. The molecule has 0 aliphatic carbocycles. The molecule has 110 valence electrons. The van der Waals surface area contributed by atoms with Crippen molar-refractivity contribution in [3.05, 3.63) is 11.8 Å². The van der Waals surface area contributed by atoms with Gasteiger partial charge in [-0.2, -0.15) is 4.37 Å². The van der Waals surface area contributed by atoms with Gasteiger partial charge in [0.1, 0.15) is 18.5 Å². The largest absolute Gasteiger partial charge is 0.474 e. The van der Waals surface area contributed by atoms with Gasteiger partial charge < -0.3 is 9.64 Å². The van der Waals surface area contributed by atoms with Crippen molar-refractivity contribution >= 4 is 17.3 Å². The summed E-state index contributed by atoms with van der Waals surface area (Å²) in [6.45, 7) is 4.31. The number of aromatic nitrogens is 2. The Hall–Kier alpha value is -1.05. The molecule has 0 unspecified atom stereocenters. The van der Waals surface area contributed by atoms with Crippen LogP contribution in [0.1, 0.15) is 12.1 Å². The third-order valence-electron chi connectivity index (χ3n) is 3.66. The number of halogens is 1. The summed E-state index contributed by atoms with van der Waals surface area (Å²) in [4.78, 5) is 4.30. The molecule has 2 aliphatic heterocycles. The molecule has 0 saturated carbocycles. The summed E-state index contributed by atoms with van der Waals surface area (Å²) >= 11 is 1.18. The summed E-state index contributed by atoms with van der Waals surface area (Å²) in [5.41, 5.74) is 2.06. The van der Waals surface area contributed by atoms with Gasteiger partial charge in [0.05, 0.1) is 11.7 Å². The molecule has 7 heteroatoms. The number of nitrogens with zero attached hydrogens (tertiary/aromatic N) is 4. The lowest BCUT2D eigenvalue weighted by atomic mass is 10.1. The zero-order chi connectivity index (χ0) is 13.9. The molecular weight excluding hydrogens is 279 g/mol.